The molecule has 0 bridgehead atoms. The zero-order chi connectivity index (χ0) is 18.8. The minimum atomic E-state index is -3.74. The molecule has 7 nitrogen and oxygen atoms in total. The predicted octanol–water partition coefficient (Wildman–Crippen LogP) is 2.22. The van der Waals surface area contributed by atoms with E-state index in [1.807, 2.05) is 0 Å². The minimum Gasteiger partial charge on any atom is -0.480 e. The zero-order valence-electron chi connectivity index (χ0n) is 14.1. The van der Waals surface area contributed by atoms with Crippen molar-refractivity contribution in [3.05, 3.63) is 28.2 Å². The van der Waals surface area contributed by atoms with E-state index in [-0.39, 0.29) is 10.5 Å². The number of carboxylic acids is 1. The number of hydrogen-bond donors (Lipinski definition) is 2. The van der Waals surface area contributed by atoms with Crippen LogP contribution in [-0.4, -0.2) is 49.3 Å². The number of benzene rings is 1. The lowest BCUT2D eigenvalue weighted by molar-refractivity contribution is -0.145. The molecule has 0 radical (unpaired) electrons. The Balaban J connectivity index is 2.35. The largest absolute Gasteiger partial charge is 0.480 e. The number of aliphatic carboxylic acids is 1. The van der Waals surface area contributed by atoms with Gasteiger partial charge in [0.2, 0.25) is 10.0 Å². The number of sulfonamides is 1. The molecule has 25 heavy (non-hydrogen) atoms. The van der Waals surface area contributed by atoms with Gasteiger partial charge in [0.15, 0.2) is 0 Å². The lowest BCUT2D eigenvalue weighted by atomic mass is 9.81. The molecule has 1 aliphatic rings. The summed E-state index contributed by atoms with van der Waals surface area (Å²) in [5.41, 5.74) is -1.18. The van der Waals surface area contributed by atoms with Gasteiger partial charge in [0, 0.05) is 24.1 Å². The fourth-order valence-corrected chi connectivity index (χ4v) is 4.72. The summed E-state index contributed by atoms with van der Waals surface area (Å²) in [4.78, 5) is 24.2. The van der Waals surface area contributed by atoms with Gasteiger partial charge in [-0.1, -0.05) is 19.3 Å². The van der Waals surface area contributed by atoms with Crippen LogP contribution in [0.1, 0.15) is 42.5 Å². The van der Waals surface area contributed by atoms with E-state index in [1.165, 1.54) is 32.3 Å². The smallest absolute Gasteiger partial charge is 0.329 e. The molecule has 1 amide bonds. The molecule has 9 heteroatoms. The lowest BCUT2D eigenvalue weighted by Crippen LogP contribution is -2.55. The Morgan fingerprint density at radius 2 is 1.80 bits per heavy atom. The van der Waals surface area contributed by atoms with Crippen molar-refractivity contribution in [3.8, 4) is 0 Å². The maximum atomic E-state index is 12.6. The summed E-state index contributed by atoms with van der Waals surface area (Å²) in [6.45, 7) is 0. The Kier molecular flexibility index (Phi) is 5.90. The highest BCUT2D eigenvalue weighted by Crippen LogP contribution is 2.30. The highest BCUT2D eigenvalue weighted by molar-refractivity contribution is 9.10. The number of halogens is 1. The summed E-state index contributed by atoms with van der Waals surface area (Å²) in [5.74, 6) is -1.65. The quantitative estimate of drug-likeness (QED) is 0.741. The zero-order valence-corrected chi connectivity index (χ0v) is 16.5. The molecule has 0 heterocycles. The van der Waals surface area contributed by atoms with Gasteiger partial charge in [0.1, 0.15) is 5.54 Å². The van der Waals surface area contributed by atoms with E-state index in [0.29, 0.717) is 17.3 Å². The van der Waals surface area contributed by atoms with Gasteiger partial charge in [-0.25, -0.2) is 17.5 Å². The third-order valence-corrected chi connectivity index (χ3v) is 7.23. The maximum absolute atomic E-state index is 12.6. The van der Waals surface area contributed by atoms with Crippen LogP contribution in [-0.2, 0) is 14.8 Å². The van der Waals surface area contributed by atoms with Crippen molar-refractivity contribution in [1.82, 2.24) is 9.62 Å². The van der Waals surface area contributed by atoms with Gasteiger partial charge in [-0.05, 0) is 47.0 Å². The standard InChI is InChI=1S/C16H21BrN2O5S/c1-19(2)25(23,24)13-10-11(6-7-12(13)17)14(20)18-16(15(21)22)8-4-3-5-9-16/h6-7,10H,3-5,8-9H2,1-2H3,(H,18,20)(H,21,22). The van der Waals surface area contributed by atoms with E-state index in [0.717, 1.165) is 23.6 Å². The molecule has 2 N–H and O–H groups in total. The highest BCUT2D eigenvalue weighted by atomic mass is 79.9. The summed E-state index contributed by atoms with van der Waals surface area (Å²) in [6, 6.07) is 4.19. The normalized spacial score (nSPS) is 17.3. The fraction of sp³-hybridized carbons (Fsp3) is 0.500. The molecule has 0 spiro atoms. The number of carboxylic acid groups (broad SMARTS) is 1. The number of nitrogens with zero attached hydrogens (tertiary/aromatic N) is 1. The van der Waals surface area contributed by atoms with E-state index >= 15 is 0 Å². The van der Waals surface area contributed by atoms with E-state index in [9.17, 15) is 23.1 Å². The second-order valence-electron chi connectivity index (χ2n) is 6.33. The molecule has 0 atom stereocenters. The summed E-state index contributed by atoms with van der Waals surface area (Å²) in [7, 11) is -0.941. The fourth-order valence-electron chi connectivity index (χ4n) is 2.88. The second kappa shape index (κ2) is 7.43. The van der Waals surface area contributed by atoms with Gasteiger partial charge < -0.3 is 10.4 Å². The van der Waals surface area contributed by atoms with Crippen LogP contribution in [0.5, 0.6) is 0 Å². The van der Waals surface area contributed by atoms with E-state index in [2.05, 4.69) is 21.2 Å². The Labute approximate surface area is 155 Å². The third-order valence-electron chi connectivity index (χ3n) is 4.42. The number of carbonyl (C=O) groups excluding carboxylic acids is 1. The van der Waals surface area contributed by atoms with Crippen molar-refractivity contribution in [2.75, 3.05) is 14.1 Å². The van der Waals surface area contributed by atoms with Crippen molar-refractivity contribution < 1.29 is 23.1 Å². The van der Waals surface area contributed by atoms with Gasteiger partial charge in [0.25, 0.3) is 5.91 Å². The Morgan fingerprint density at radius 1 is 1.20 bits per heavy atom. The van der Waals surface area contributed by atoms with Crippen LogP contribution in [0, 0.1) is 0 Å². The third kappa shape index (κ3) is 4.04. The van der Waals surface area contributed by atoms with Crippen LogP contribution in [0.2, 0.25) is 0 Å². The topological polar surface area (TPSA) is 104 Å². The molecule has 0 unspecified atom stereocenters. The Bertz CT molecular complexity index is 786. The number of hydrogen-bond acceptors (Lipinski definition) is 4. The summed E-state index contributed by atoms with van der Waals surface area (Å²) >= 11 is 3.18. The summed E-state index contributed by atoms with van der Waals surface area (Å²) in [6.07, 6.45) is 3.13. The minimum absolute atomic E-state index is 0.0434. The Morgan fingerprint density at radius 3 is 2.32 bits per heavy atom. The molecule has 138 valence electrons. The average Bonchev–Trinajstić information content (AvgIpc) is 2.55. The van der Waals surface area contributed by atoms with Crippen molar-refractivity contribution in [1.29, 1.82) is 0 Å². The predicted molar refractivity (Wildman–Crippen MR) is 95.9 cm³/mol. The number of rotatable bonds is 5. The number of amides is 1. The molecule has 0 saturated heterocycles. The van der Waals surface area contributed by atoms with Crippen LogP contribution in [0.3, 0.4) is 0 Å². The summed E-state index contributed by atoms with van der Waals surface area (Å²) in [5, 5.41) is 12.2. The van der Waals surface area contributed by atoms with Gasteiger partial charge in [-0.15, -0.1) is 0 Å². The van der Waals surface area contributed by atoms with Crippen LogP contribution in [0.4, 0.5) is 0 Å². The monoisotopic (exact) mass is 432 g/mol. The van der Waals surface area contributed by atoms with E-state index in [4.69, 9.17) is 0 Å². The molecule has 2 rings (SSSR count). The molecule has 0 aliphatic heterocycles. The van der Waals surface area contributed by atoms with Gasteiger partial charge >= 0.3 is 5.97 Å². The first-order valence-electron chi connectivity index (χ1n) is 7.88. The molecule has 1 fully saturated rings. The first-order valence-corrected chi connectivity index (χ1v) is 10.1. The molecule has 1 aliphatic carbocycles. The van der Waals surface area contributed by atoms with Crippen molar-refractivity contribution in [2.45, 2.75) is 42.5 Å². The van der Waals surface area contributed by atoms with Crippen LogP contribution in [0.25, 0.3) is 0 Å². The average molecular weight is 433 g/mol. The van der Waals surface area contributed by atoms with Gasteiger partial charge in [-0.2, -0.15) is 0 Å². The van der Waals surface area contributed by atoms with Crippen molar-refractivity contribution in [3.63, 3.8) is 0 Å². The van der Waals surface area contributed by atoms with E-state index in [1.54, 1.807) is 0 Å². The van der Waals surface area contributed by atoms with Crippen LogP contribution in [0.15, 0.2) is 27.6 Å². The van der Waals surface area contributed by atoms with Crippen molar-refractivity contribution >= 4 is 37.8 Å². The molecular weight excluding hydrogens is 412 g/mol. The summed E-state index contributed by atoms with van der Waals surface area (Å²) < 4.78 is 26.1. The van der Waals surface area contributed by atoms with Crippen LogP contribution < -0.4 is 5.32 Å². The van der Waals surface area contributed by atoms with Crippen LogP contribution >= 0.6 is 15.9 Å². The SMILES string of the molecule is CN(C)S(=O)(=O)c1cc(C(=O)NC2(C(=O)O)CCCCC2)ccc1Br. The maximum Gasteiger partial charge on any atom is 0.329 e. The van der Waals surface area contributed by atoms with Gasteiger partial charge in [-0.3, -0.25) is 4.79 Å². The molecule has 0 aromatic heterocycles. The Hall–Kier alpha value is -1.45. The van der Waals surface area contributed by atoms with E-state index < -0.39 is 27.4 Å². The second-order valence-corrected chi connectivity index (χ2v) is 9.31. The molecule has 1 saturated carbocycles. The number of carbonyl (C=O) groups is 2. The number of nitrogens with one attached hydrogen (secondary N) is 1. The lowest BCUT2D eigenvalue weighted by Gasteiger charge is -2.34. The first-order chi connectivity index (χ1) is 11.6. The van der Waals surface area contributed by atoms with Crippen molar-refractivity contribution in [2.24, 2.45) is 0 Å². The highest BCUT2D eigenvalue weighted by Gasteiger charge is 2.41. The first kappa shape index (κ1) is 19.9. The van der Waals surface area contributed by atoms with Gasteiger partial charge in [0.05, 0.1) is 4.90 Å². The molecular formula is C16H21BrN2O5S. The molecule has 1 aromatic rings. The molecule has 1 aromatic carbocycles.